The van der Waals surface area contributed by atoms with Crippen LogP contribution in [-0.4, -0.2) is 37.7 Å². The molecular weight excluding hydrogens is 372 g/mol. The third-order valence-corrected chi connectivity index (χ3v) is 5.48. The maximum Gasteiger partial charge on any atom is 0.0702 e. The van der Waals surface area contributed by atoms with E-state index in [0.29, 0.717) is 12.6 Å². The van der Waals surface area contributed by atoms with Crippen LogP contribution in [0.1, 0.15) is 24.4 Å². The molecule has 1 saturated heterocycles. The first kappa shape index (κ1) is 15.4. The topological polar surface area (TPSA) is 38.5 Å². The summed E-state index contributed by atoms with van der Waals surface area (Å²) in [4.78, 5) is 2.30. The first-order valence-corrected chi connectivity index (χ1v) is 8.17. The summed E-state index contributed by atoms with van der Waals surface area (Å²) in [6.07, 6.45) is 2.69. The smallest absolute Gasteiger partial charge is 0.0702 e. The van der Waals surface area contributed by atoms with E-state index in [0.717, 1.165) is 28.5 Å². The molecule has 2 N–H and O–H groups in total. The summed E-state index contributed by atoms with van der Waals surface area (Å²) in [7, 11) is 2.12. The highest BCUT2D eigenvalue weighted by Crippen LogP contribution is 2.28. The van der Waals surface area contributed by atoms with Gasteiger partial charge < -0.3 is 10.5 Å². The molecule has 0 saturated carbocycles. The van der Waals surface area contributed by atoms with E-state index in [1.807, 2.05) is 0 Å². The molecule has 1 aliphatic rings. The van der Waals surface area contributed by atoms with E-state index in [1.165, 1.54) is 12.0 Å². The predicted octanol–water partition coefficient (Wildman–Crippen LogP) is 3.32. The number of benzene rings is 1. The zero-order valence-electron chi connectivity index (χ0n) is 11.1. The van der Waals surface area contributed by atoms with Gasteiger partial charge in [0.1, 0.15) is 0 Å². The molecule has 2 atom stereocenters. The van der Waals surface area contributed by atoms with Crippen molar-refractivity contribution in [2.75, 3.05) is 26.7 Å². The Morgan fingerprint density at radius 1 is 1.42 bits per heavy atom. The van der Waals surface area contributed by atoms with Crippen LogP contribution in [0.4, 0.5) is 0 Å². The Bertz CT molecular complexity index is 422. The van der Waals surface area contributed by atoms with Crippen molar-refractivity contribution in [2.45, 2.75) is 25.0 Å². The van der Waals surface area contributed by atoms with Crippen LogP contribution in [0.3, 0.4) is 0 Å². The minimum absolute atomic E-state index is 0.230. The molecule has 0 radical (unpaired) electrons. The van der Waals surface area contributed by atoms with Crippen molar-refractivity contribution in [1.29, 1.82) is 0 Å². The molecule has 0 aliphatic carbocycles. The van der Waals surface area contributed by atoms with Gasteiger partial charge in [-0.05, 0) is 69.4 Å². The van der Waals surface area contributed by atoms with E-state index in [2.05, 4.69) is 62.0 Å². The van der Waals surface area contributed by atoms with Crippen LogP contribution in [0, 0.1) is 0 Å². The van der Waals surface area contributed by atoms with Crippen molar-refractivity contribution in [3.63, 3.8) is 0 Å². The Balaban J connectivity index is 2.06. The van der Waals surface area contributed by atoms with Gasteiger partial charge in [0, 0.05) is 34.7 Å². The van der Waals surface area contributed by atoms with Crippen LogP contribution in [0.25, 0.3) is 0 Å². The third kappa shape index (κ3) is 4.02. The molecule has 0 aromatic heterocycles. The Hall–Kier alpha value is 0.0600. The van der Waals surface area contributed by atoms with Gasteiger partial charge in [-0.2, -0.15) is 0 Å². The Morgan fingerprint density at radius 3 is 2.79 bits per heavy atom. The Kier molecular flexibility index (Phi) is 5.84. The monoisotopic (exact) mass is 390 g/mol. The number of ether oxygens (including phenoxy) is 1. The average molecular weight is 392 g/mol. The summed E-state index contributed by atoms with van der Waals surface area (Å²) in [5, 5.41) is 0. The standard InChI is InChI=1S/C14H20Br2N2O/c1-18(9-11-3-2-6-19-11)14(8-17)10-4-5-12(15)13(16)7-10/h4-5,7,11,14H,2-3,6,8-9,17H2,1H3. The van der Waals surface area contributed by atoms with Crippen LogP contribution in [-0.2, 0) is 4.74 Å². The summed E-state index contributed by atoms with van der Waals surface area (Å²) in [5.74, 6) is 0. The molecule has 0 amide bonds. The lowest BCUT2D eigenvalue weighted by Gasteiger charge is -2.29. The lowest BCUT2D eigenvalue weighted by Crippen LogP contribution is -2.36. The van der Waals surface area contributed by atoms with Crippen LogP contribution in [0.15, 0.2) is 27.1 Å². The van der Waals surface area contributed by atoms with Gasteiger partial charge in [0.2, 0.25) is 0 Å². The van der Waals surface area contributed by atoms with Gasteiger partial charge in [-0.1, -0.05) is 6.07 Å². The molecule has 0 bridgehead atoms. The van der Waals surface area contributed by atoms with E-state index in [-0.39, 0.29) is 6.04 Å². The second-order valence-electron chi connectivity index (χ2n) is 5.00. The van der Waals surface area contributed by atoms with Crippen LogP contribution in [0.5, 0.6) is 0 Å². The molecule has 1 aliphatic heterocycles. The second kappa shape index (κ2) is 7.18. The maximum atomic E-state index is 5.96. The van der Waals surface area contributed by atoms with Gasteiger partial charge in [-0.25, -0.2) is 0 Å². The van der Waals surface area contributed by atoms with E-state index in [4.69, 9.17) is 10.5 Å². The quantitative estimate of drug-likeness (QED) is 0.836. The summed E-state index contributed by atoms with van der Waals surface area (Å²) in [5.41, 5.74) is 7.19. The fraction of sp³-hybridized carbons (Fsp3) is 0.571. The third-order valence-electron chi connectivity index (χ3n) is 3.60. The summed E-state index contributed by atoms with van der Waals surface area (Å²) < 4.78 is 7.83. The van der Waals surface area contributed by atoms with E-state index in [1.54, 1.807) is 0 Å². The zero-order valence-corrected chi connectivity index (χ0v) is 14.3. The van der Waals surface area contributed by atoms with Crippen LogP contribution < -0.4 is 5.73 Å². The normalized spacial score (nSPS) is 21.0. The fourth-order valence-electron chi connectivity index (χ4n) is 2.53. The minimum Gasteiger partial charge on any atom is -0.377 e. The molecule has 0 spiro atoms. The van der Waals surface area contributed by atoms with E-state index in [9.17, 15) is 0 Å². The fourth-order valence-corrected chi connectivity index (χ4v) is 3.17. The largest absolute Gasteiger partial charge is 0.377 e. The van der Waals surface area contributed by atoms with Gasteiger partial charge in [0.25, 0.3) is 0 Å². The lowest BCUT2D eigenvalue weighted by atomic mass is 10.1. The molecule has 2 unspecified atom stereocenters. The number of nitrogens with zero attached hydrogens (tertiary/aromatic N) is 1. The van der Waals surface area contributed by atoms with E-state index < -0.39 is 0 Å². The molecule has 106 valence electrons. The molecule has 3 nitrogen and oxygen atoms in total. The number of nitrogens with two attached hydrogens (primary N) is 1. The molecular formula is C14H20Br2N2O. The van der Waals surface area contributed by atoms with Crippen molar-refractivity contribution >= 4 is 31.9 Å². The molecule has 1 aromatic rings. The van der Waals surface area contributed by atoms with Crippen LogP contribution in [0.2, 0.25) is 0 Å². The van der Waals surface area contributed by atoms with Crippen molar-refractivity contribution < 1.29 is 4.74 Å². The molecule has 5 heteroatoms. The zero-order chi connectivity index (χ0) is 13.8. The average Bonchev–Trinajstić information content (AvgIpc) is 2.87. The van der Waals surface area contributed by atoms with Crippen LogP contribution >= 0.6 is 31.9 Å². The molecule has 1 aromatic carbocycles. The van der Waals surface area contributed by atoms with E-state index >= 15 is 0 Å². The highest BCUT2D eigenvalue weighted by atomic mass is 79.9. The maximum absolute atomic E-state index is 5.96. The van der Waals surface area contributed by atoms with Crippen molar-refractivity contribution in [1.82, 2.24) is 4.90 Å². The van der Waals surface area contributed by atoms with Gasteiger partial charge >= 0.3 is 0 Å². The number of hydrogen-bond acceptors (Lipinski definition) is 3. The first-order chi connectivity index (χ1) is 9.11. The summed E-state index contributed by atoms with van der Waals surface area (Å²) >= 11 is 7.05. The highest BCUT2D eigenvalue weighted by molar-refractivity contribution is 9.13. The number of hydrogen-bond donors (Lipinski definition) is 1. The lowest BCUT2D eigenvalue weighted by molar-refractivity contribution is 0.0689. The number of rotatable bonds is 5. The molecule has 19 heavy (non-hydrogen) atoms. The summed E-state index contributed by atoms with van der Waals surface area (Å²) in [6.45, 7) is 2.45. The van der Waals surface area contributed by atoms with Crippen molar-refractivity contribution in [3.8, 4) is 0 Å². The van der Waals surface area contributed by atoms with Gasteiger partial charge in [0.15, 0.2) is 0 Å². The molecule has 1 fully saturated rings. The second-order valence-corrected chi connectivity index (χ2v) is 6.71. The molecule has 2 rings (SSSR count). The Labute approximate surface area is 131 Å². The highest BCUT2D eigenvalue weighted by Gasteiger charge is 2.22. The Morgan fingerprint density at radius 2 is 2.21 bits per heavy atom. The predicted molar refractivity (Wildman–Crippen MR) is 85.2 cm³/mol. The van der Waals surface area contributed by atoms with Crippen molar-refractivity contribution in [2.24, 2.45) is 5.73 Å². The van der Waals surface area contributed by atoms with Gasteiger partial charge in [-0.3, -0.25) is 4.90 Å². The van der Waals surface area contributed by atoms with Gasteiger partial charge in [0.05, 0.1) is 6.10 Å². The summed E-state index contributed by atoms with van der Waals surface area (Å²) in [6, 6.07) is 6.54. The SMILES string of the molecule is CN(CC1CCCO1)C(CN)c1ccc(Br)c(Br)c1. The first-order valence-electron chi connectivity index (χ1n) is 6.58. The molecule has 1 heterocycles. The minimum atomic E-state index is 0.230. The number of likely N-dealkylation sites (N-methyl/N-ethyl adjacent to an activating group) is 1. The van der Waals surface area contributed by atoms with Gasteiger partial charge in [-0.15, -0.1) is 0 Å². The number of halogens is 2. The van der Waals surface area contributed by atoms with Crippen molar-refractivity contribution in [3.05, 3.63) is 32.7 Å².